The van der Waals surface area contributed by atoms with Crippen molar-refractivity contribution in [2.75, 3.05) is 6.54 Å². The van der Waals surface area contributed by atoms with E-state index in [2.05, 4.69) is 17.4 Å². The fourth-order valence-corrected chi connectivity index (χ4v) is 3.79. The third-order valence-corrected chi connectivity index (χ3v) is 5.06. The lowest BCUT2D eigenvalue weighted by Crippen LogP contribution is -2.45. The van der Waals surface area contributed by atoms with Crippen LogP contribution in [-0.2, 0) is 11.2 Å². The highest BCUT2D eigenvalue weighted by Gasteiger charge is 2.32. The van der Waals surface area contributed by atoms with Crippen LogP contribution in [0, 0.1) is 0 Å². The number of carbonyl (C=O) groups excluding carboxylic acids is 1. The molecule has 0 radical (unpaired) electrons. The summed E-state index contributed by atoms with van der Waals surface area (Å²) in [4.78, 5) is 12.5. The molecule has 1 aromatic rings. The summed E-state index contributed by atoms with van der Waals surface area (Å²) in [5.74, 6) is 0.0447. The van der Waals surface area contributed by atoms with Gasteiger partial charge in [-0.15, -0.1) is 0 Å². The Morgan fingerprint density at radius 3 is 2.76 bits per heavy atom. The van der Waals surface area contributed by atoms with E-state index in [9.17, 15) is 9.90 Å². The monoisotopic (exact) mass is 287 g/mol. The van der Waals surface area contributed by atoms with Crippen LogP contribution in [-0.4, -0.2) is 23.2 Å². The van der Waals surface area contributed by atoms with Crippen LogP contribution in [0.1, 0.15) is 62.0 Å². The number of nitrogens with one attached hydrogen (secondary N) is 1. The molecule has 2 aliphatic rings. The summed E-state index contributed by atoms with van der Waals surface area (Å²) in [6.07, 6.45) is 8.02. The maximum atomic E-state index is 12.5. The second-order valence-corrected chi connectivity index (χ2v) is 6.65. The Kier molecular flexibility index (Phi) is 4.29. The van der Waals surface area contributed by atoms with E-state index in [1.165, 1.54) is 17.5 Å². The van der Waals surface area contributed by atoms with Gasteiger partial charge in [0.15, 0.2) is 0 Å². The molecule has 3 heteroatoms. The highest BCUT2D eigenvalue weighted by molar-refractivity contribution is 5.84. The summed E-state index contributed by atoms with van der Waals surface area (Å²) >= 11 is 0. The van der Waals surface area contributed by atoms with E-state index in [-0.39, 0.29) is 11.8 Å². The fraction of sp³-hybridized carbons (Fsp3) is 0.611. The van der Waals surface area contributed by atoms with Crippen LogP contribution in [0.15, 0.2) is 24.3 Å². The molecule has 1 unspecified atom stereocenters. The molecule has 2 aliphatic carbocycles. The number of hydrogen-bond donors (Lipinski definition) is 2. The second-order valence-electron chi connectivity index (χ2n) is 6.65. The molecular weight excluding hydrogens is 262 g/mol. The SMILES string of the molecule is O=C(NCC1(O)CCCCC1)C1CCCc2ccccc21. The van der Waals surface area contributed by atoms with Gasteiger partial charge in [0.05, 0.1) is 11.5 Å². The van der Waals surface area contributed by atoms with E-state index in [0.717, 1.165) is 44.9 Å². The van der Waals surface area contributed by atoms with Crippen LogP contribution >= 0.6 is 0 Å². The average molecular weight is 287 g/mol. The van der Waals surface area contributed by atoms with Gasteiger partial charge in [-0.2, -0.15) is 0 Å². The number of fused-ring (bicyclic) bond motifs is 1. The summed E-state index contributed by atoms with van der Waals surface area (Å²) in [5.41, 5.74) is 1.81. The van der Waals surface area contributed by atoms with Gasteiger partial charge in [-0.25, -0.2) is 0 Å². The van der Waals surface area contributed by atoms with Gasteiger partial charge >= 0.3 is 0 Å². The first-order chi connectivity index (χ1) is 10.2. The van der Waals surface area contributed by atoms with Crippen LogP contribution in [0.4, 0.5) is 0 Å². The van der Waals surface area contributed by atoms with Crippen molar-refractivity contribution >= 4 is 5.91 Å². The molecule has 0 saturated heterocycles. The fourth-order valence-electron chi connectivity index (χ4n) is 3.79. The van der Waals surface area contributed by atoms with Gasteiger partial charge in [-0.05, 0) is 43.2 Å². The van der Waals surface area contributed by atoms with Crippen molar-refractivity contribution in [2.24, 2.45) is 0 Å². The molecule has 1 aromatic carbocycles. The molecule has 0 bridgehead atoms. The number of carbonyl (C=O) groups is 1. The number of amides is 1. The lowest BCUT2D eigenvalue weighted by atomic mass is 9.81. The van der Waals surface area contributed by atoms with Crippen LogP contribution in [0.3, 0.4) is 0 Å². The van der Waals surface area contributed by atoms with Gasteiger partial charge in [0.2, 0.25) is 5.91 Å². The van der Waals surface area contributed by atoms with Crippen molar-refractivity contribution < 1.29 is 9.90 Å². The van der Waals surface area contributed by atoms with Gasteiger partial charge in [-0.1, -0.05) is 43.5 Å². The Hall–Kier alpha value is -1.35. The highest BCUT2D eigenvalue weighted by atomic mass is 16.3. The Morgan fingerprint density at radius 1 is 1.19 bits per heavy atom. The van der Waals surface area contributed by atoms with Crippen molar-refractivity contribution in [3.8, 4) is 0 Å². The minimum Gasteiger partial charge on any atom is -0.388 e. The van der Waals surface area contributed by atoms with Gasteiger partial charge in [0.25, 0.3) is 0 Å². The zero-order chi connectivity index (χ0) is 14.7. The van der Waals surface area contributed by atoms with Gasteiger partial charge < -0.3 is 10.4 Å². The van der Waals surface area contributed by atoms with E-state index >= 15 is 0 Å². The molecule has 3 nitrogen and oxygen atoms in total. The number of benzene rings is 1. The molecule has 0 heterocycles. The first kappa shape index (κ1) is 14.6. The van der Waals surface area contributed by atoms with Crippen LogP contribution in [0.5, 0.6) is 0 Å². The molecule has 1 fully saturated rings. The number of hydrogen-bond acceptors (Lipinski definition) is 2. The van der Waals surface area contributed by atoms with E-state index in [0.29, 0.717) is 6.54 Å². The van der Waals surface area contributed by atoms with Crippen molar-refractivity contribution in [3.05, 3.63) is 35.4 Å². The molecular formula is C18H25NO2. The standard InChI is InChI=1S/C18H25NO2/c20-17(19-13-18(21)11-4-1-5-12-18)16-10-6-8-14-7-2-3-9-15(14)16/h2-3,7,9,16,21H,1,4-6,8,10-13H2,(H,19,20). The summed E-state index contributed by atoms with van der Waals surface area (Å²) in [7, 11) is 0. The normalized spacial score (nSPS) is 24.1. The summed E-state index contributed by atoms with van der Waals surface area (Å²) < 4.78 is 0. The molecule has 114 valence electrons. The summed E-state index contributed by atoms with van der Waals surface area (Å²) in [6.45, 7) is 0.407. The van der Waals surface area contributed by atoms with E-state index in [1.807, 2.05) is 12.1 Å². The van der Waals surface area contributed by atoms with Crippen molar-refractivity contribution in [1.82, 2.24) is 5.32 Å². The minimum atomic E-state index is -0.678. The second kappa shape index (κ2) is 6.18. The van der Waals surface area contributed by atoms with Crippen LogP contribution in [0.25, 0.3) is 0 Å². The number of aliphatic hydroxyl groups is 1. The molecule has 1 atom stereocenters. The quantitative estimate of drug-likeness (QED) is 0.898. The predicted molar refractivity (Wildman–Crippen MR) is 83.2 cm³/mol. The third kappa shape index (κ3) is 3.29. The zero-order valence-electron chi connectivity index (χ0n) is 12.6. The van der Waals surface area contributed by atoms with Crippen LogP contribution < -0.4 is 5.32 Å². The molecule has 21 heavy (non-hydrogen) atoms. The van der Waals surface area contributed by atoms with Crippen molar-refractivity contribution in [2.45, 2.75) is 62.9 Å². The molecule has 0 aliphatic heterocycles. The molecule has 1 amide bonds. The van der Waals surface area contributed by atoms with E-state index < -0.39 is 5.60 Å². The Labute approximate surface area is 126 Å². The van der Waals surface area contributed by atoms with Crippen molar-refractivity contribution in [3.63, 3.8) is 0 Å². The molecule has 0 aromatic heterocycles. The molecule has 1 saturated carbocycles. The Morgan fingerprint density at radius 2 is 1.95 bits per heavy atom. The lowest BCUT2D eigenvalue weighted by molar-refractivity contribution is -0.124. The topological polar surface area (TPSA) is 49.3 Å². The van der Waals surface area contributed by atoms with Crippen LogP contribution in [0.2, 0.25) is 0 Å². The average Bonchev–Trinajstić information content (AvgIpc) is 2.53. The first-order valence-electron chi connectivity index (χ1n) is 8.26. The first-order valence-corrected chi connectivity index (χ1v) is 8.26. The third-order valence-electron chi connectivity index (χ3n) is 5.06. The largest absolute Gasteiger partial charge is 0.388 e. The van der Waals surface area contributed by atoms with Crippen molar-refractivity contribution in [1.29, 1.82) is 0 Å². The molecule has 3 rings (SSSR count). The maximum absolute atomic E-state index is 12.5. The zero-order valence-corrected chi connectivity index (χ0v) is 12.6. The molecule has 0 spiro atoms. The van der Waals surface area contributed by atoms with E-state index in [4.69, 9.17) is 0 Å². The van der Waals surface area contributed by atoms with E-state index in [1.54, 1.807) is 0 Å². The highest BCUT2D eigenvalue weighted by Crippen LogP contribution is 2.32. The smallest absolute Gasteiger partial charge is 0.227 e. The Bertz CT molecular complexity index is 506. The van der Waals surface area contributed by atoms with Gasteiger partial charge in [0.1, 0.15) is 0 Å². The maximum Gasteiger partial charge on any atom is 0.227 e. The minimum absolute atomic E-state index is 0.0397. The van der Waals surface area contributed by atoms with Gasteiger partial charge in [-0.3, -0.25) is 4.79 Å². The summed E-state index contributed by atoms with van der Waals surface area (Å²) in [5, 5.41) is 13.5. The summed E-state index contributed by atoms with van der Waals surface area (Å²) in [6, 6.07) is 8.26. The molecule has 2 N–H and O–H groups in total. The number of rotatable bonds is 3. The predicted octanol–water partition coefficient (Wildman–Crippen LogP) is 2.92. The lowest BCUT2D eigenvalue weighted by Gasteiger charge is -2.33. The Balaban J connectivity index is 1.64. The number of aryl methyl sites for hydroxylation is 1. The van der Waals surface area contributed by atoms with Gasteiger partial charge in [0, 0.05) is 6.54 Å².